The molecular formula is C24H26ClN3O3S. The zero-order valence-electron chi connectivity index (χ0n) is 18.1. The number of carbonyl (C=O) groups is 2. The van der Waals surface area contributed by atoms with E-state index >= 15 is 0 Å². The summed E-state index contributed by atoms with van der Waals surface area (Å²) in [7, 11) is 0. The number of halogens is 1. The SMILES string of the molecule is Cc1nn(-c2ccccc2Cl)c2sc(C(=O)OCC(=O)N[C@@H](C)[C@H]3C[C@H]4CC[C@H]3C4)cc12. The van der Waals surface area contributed by atoms with Crippen molar-refractivity contribution in [2.45, 2.75) is 45.6 Å². The maximum Gasteiger partial charge on any atom is 0.348 e. The summed E-state index contributed by atoms with van der Waals surface area (Å²) in [5.74, 6) is 1.37. The van der Waals surface area contributed by atoms with Gasteiger partial charge in [-0.2, -0.15) is 5.10 Å². The Morgan fingerprint density at radius 3 is 2.84 bits per heavy atom. The molecule has 0 spiro atoms. The summed E-state index contributed by atoms with van der Waals surface area (Å²) in [6.45, 7) is 3.69. The Balaban J connectivity index is 1.24. The lowest BCUT2D eigenvalue weighted by molar-refractivity contribution is -0.125. The van der Waals surface area contributed by atoms with Crippen molar-refractivity contribution in [1.29, 1.82) is 0 Å². The van der Waals surface area contributed by atoms with Crippen LogP contribution < -0.4 is 5.32 Å². The molecule has 8 heteroatoms. The second kappa shape index (κ2) is 8.52. The number of benzene rings is 1. The zero-order chi connectivity index (χ0) is 22.4. The minimum Gasteiger partial charge on any atom is -0.451 e. The van der Waals surface area contributed by atoms with Crippen molar-refractivity contribution >= 4 is 45.0 Å². The van der Waals surface area contributed by atoms with Gasteiger partial charge < -0.3 is 10.1 Å². The number of aromatic nitrogens is 2. The highest BCUT2D eigenvalue weighted by molar-refractivity contribution is 7.20. The Morgan fingerprint density at radius 1 is 1.31 bits per heavy atom. The smallest absolute Gasteiger partial charge is 0.348 e. The molecule has 1 N–H and O–H groups in total. The number of thiophene rings is 1. The van der Waals surface area contributed by atoms with E-state index in [-0.39, 0.29) is 18.6 Å². The van der Waals surface area contributed by atoms with Gasteiger partial charge >= 0.3 is 5.97 Å². The topological polar surface area (TPSA) is 73.2 Å². The van der Waals surface area contributed by atoms with E-state index in [0.29, 0.717) is 15.8 Å². The van der Waals surface area contributed by atoms with Crippen LogP contribution in [0.1, 0.15) is 48.0 Å². The Morgan fingerprint density at radius 2 is 2.12 bits per heavy atom. The van der Waals surface area contributed by atoms with Crippen LogP contribution in [0.2, 0.25) is 5.02 Å². The van der Waals surface area contributed by atoms with Gasteiger partial charge in [0.1, 0.15) is 9.71 Å². The molecule has 32 heavy (non-hydrogen) atoms. The molecule has 5 rings (SSSR count). The average molecular weight is 472 g/mol. The van der Waals surface area contributed by atoms with Gasteiger partial charge in [0.25, 0.3) is 5.91 Å². The van der Waals surface area contributed by atoms with Crippen LogP contribution in [-0.2, 0) is 9.53 Å². The molecule has 1 aromatic carbocycles. The summed E-state index contributed by atoms with van der Waals surface area (Å²) in [5, 5.41) is 9.06. The monoisotopic (exact) mass is 471 g/mol. The van der Waals surface area contributed by atoms with Gasteiger partial charge in [-0.05, 0) is 69.1 Å². The number of rotatable bonds is 6. The van der Waals surface area contributed by atoms with Crippen LogP contribution in [0.4, 0.5) is 0 Å². The molecule has 1 amide bonds. The van der Waals surface area contributed by atoms with Crippen molar-refractivity contribution < 1.29 is 14.3 Å². The largest absolute Gasteiger partial charge is 0.451 e. The zero-order valence-corrected chi connectivity index (χ0v) is 19.7. The van der Waals surface area contributed by atoms with Crippen molar-refractivity contribution in [3.8, 4) is 5.69 Å². The first-order valence-electron chi connectivity index (χ1n) is 11.1. The van der Waals surface area contributed by atoms with Crippen LogP contribution in [0, 0.1) is 24.7 Å². The molecule has 2 aliphatic carbocycles. The van der Waals surface area contributed by atoms with E-state index in [1.807, 2.05) is 25.1 Å². The highest BCUT2D eigenvalue weighted by atomic mass is 35.5. The fraction of sp³-hybridized carbons (Fsp3) is 0.458. The average Bonchev–Trinajstić information content (AvgIpc) is 3.55. The van der Waals surface area contributed by atoms with Crippen molar-refractivity contribution in [3.63, 3.8) is 0 Å². The number of carbonyl (C=O) groups excluding carboxylic acids is 2. The minimum absolute atomic E-state index is 0.116. The summed E-state index contributed by atoms with van der Waals surface area (Å²) in [6.07, 6.45) is 5.12. The number of nitrogens with one attached hydrogen (secondary N) is 1. The third kappa shape index (κ3) is 3.92. The van der Waals surface area contributed by atoms with Gasteiger partial charge in [0.2, 0.25) is 0 Å². The first kappa shape index (κ1) is 21.5. The Kier molecular flexibility index (Phi) is 5.72. The number of fused-ring (bicyclic) bond motifs is 3. The number of nitrogens with zero attached hydrogens (tertiary/aromatic N) is 2. The molecule has 2 aromatic heterocycles. The second-order valence-electron chi connectivity index (χ2n) is 9.05. The van der Waals surface area contributed by atoms with Crippen molar-refractivity contribution in [3.05, 3.63) is 45.9 Å². The number of esters is 1. The van der Waals surface area contributed by atoms with Crippen molar-refractivity contribution in [2.75, 3.05) is 6.61 Å². The number of aryl methyl sites for hydroxylation is 1. The maximum atomic E-state index is 12.6. The first-order chi connectivity index (χ1) is 15.4. The Hall–Kier alpha value is -2.38. The van der Waals surface area contributed by atoms with E-state index < -0.39 is 5.97 Å². The summed E-state index contributed by atoms with van der Waals surface area (Å²) in [4.78, 5) is 26.3. The first-order valence-corrected chi connectivity index (χ1v) is 12.3. The molecule has 0 unspecified atom stereocenters. The number of para-hydroxylation sites is 1. The van der Waals surface area contributed by atoms with Crippen LogP contribution >= 0.6 is 22.9 Å². The lowest BCUT2D eigenvalue weighted by Gasteiger charge is -2.28. The summed E-state index contributed by atoms with van der Waals surface area (Å²) >= 11 is 7.63. The van der Waals surface area contributed by atoms with Crippen LogP contribution in [0.25, 0.3) is 15.9 Å². The van der Waals surface area contributed by atoms with Crippen LogP contribution in [0.5, 0.6) is 0 Å². The van der Waals surface area contributed by atoms with Gasteiger partial charge in [0, 0.05) is 11.4 Å². The standard InChI is InChI=1S/C24H26ClN3O3S/c1-13(17-10-15-7-8-16(17)9-15)26-22(29)12-31-24(30)21-11-18-14(2)27-28(23(18)32-21)20-6-4-3-5-19(20)25/h3-6,11,13,15-17H,7-10,12H2,1-2H3,(H,26,29)/t13-,15-,16-,17+/m0/s1. The predicted molar refractivity (Wildman–Crippen MR) is 126 cm³/mol. The molecule has 2 bridgehead atoms. The van der Waals surface area contributed by atoms with Crippen molar-refractivity contribution in [1.82, 2.24) is 15.1 Å². The predicted octanol–water partition coefficient (Wildman–Crippen LogP) is 5.15. The number of hydrogen-bond acceptors (Lipinski definition) is 5. The van der Waals surface area contributed by atoms with Gasteiger partial charge in [-0.3, -0.25) is 4.79 Å². The molecule has 0 aliphatic heterocycles. The van der Waals surface area contributed by atoms with Crippen LogP contribution in [0.3, 0.4) is 0 Å². The second-order valence-corrected chi connectivity index (χ2v) is 10.5. The molecular weight excluding hydrogens is 446 g/mol. The molecule has 3 aromatic rings. The van der Waals surface area contributed by atoms with Gasteiger partial charge in [0.05, 0.1) is 16.4 Å². The van der Waals surface area contributed by atoms with E-state index in [1.165, 1.54) is 37.0 Å². The maximum absolute atomic E-state index is 12.6. The Labute approximate surface area is 195 Å². The van der Waals surface area contributed by atoms with Gasteiger partial charge in [-0.25, -0.2) is 9.48 Å². The molecule has 6 nitrogen and oxygen atoms in total. The molecule has 2 saturated carbocycles. The number of amides is 1. The van der Waals surface area contributed by atoms with E-state index in [4.69, 9.17) is 16.3 Å². The number of hydrogen-bond donors (Lipinski definition) is 1. The van der Waals surface area contributed by atoms with E-state index in [2.05, 4.69) is 17.3 Å². The van der Waals surface area contributed by atoms with Crippen LogP contribution in [-0.4, -0.2) is 34.3 Å². The van der Waals surface area contributed by atoms with Gasteiger partial charge in [-0.1, -0.05) is 30.2 Å². The van der Waals surface area contributed by atoms with E-state index in [0.717, 1.165) is 33.4 Å². The van der Waals surface area contributed by atoms with Gasteiger partial charge in [0.15, 0.2) is 6.61 Å². The van der Waals surface area contributed by atoms with E-state index in [1.54, 1.807) is 16.8 Å². The molecule has 2 aliphatic rings. The molecule has 0 radical (unpaired) electrons. The summed E-state index contributed by atoms with van der Waals surface area (Å²) in [6, 6.07) is 9.33. The normalized spacial score (nSPS) is 22.9. The Bertz CT molecular complexity index is 1190. The lowest BCUT2D eigenvalue weighted by Crippen LogP contribution is -2.42. The highest BCUT2D eigenvalue weighted by Gasteiger charge is 2.42. The number of ether oxygens (including phenoxy) is 1. The fourth-order valence-corrected chi connectivity index (χ4v) is 6.73. The molecule has 0 saturated heterocycles. The third-order valence-corrected chi connectivity index (χ3v) is 8.39. The molecule has 4 atom stereocenters. The third-order valence-electron chi connectivity index (χ3n) is 6.98. The van der Waals surface area contributed by atoms with Crippen molar-refractivity contribution in [2.24, 2.45) is 17.8 Å². The molecule has 168 valence electrons. The fourth-order valence-electron chi connectivity index (χ4n) is 5.45. The highest BCUT2D eigenvalue weighted by Crippen LogP contribution is 2.49. The summed E-state index contributed by atoms with van der Waals surface area (Å²) < 4.78 is 7.08. The van der Waals surface area contributed by atoms with Crippen LogP contribution in [0.15, 0.2) is 30.3 Å². The lowest BCUT2D eigenvalue weighted by atomic mass is 9.84. The summed E-state index contributed by atoms with van der Waals surface area (Å²) in [5.41, 5.74) is 1.55. The van der Waals surface area contributed by atoms with Gasteiger partial charge in [-0.15, -0.1) is 11.3 Å². The van der Waals surface area contributed by atoms with E-state index in [9.17, 15) is 9.59 Å². The quantitative estimate of drug-likeness (QED) is 0.505. The minimum atomic E-state index is -0.501. The molecule has 2 heterocycles. The molecule has 2 fully saturated rings.